The van der Waals surface area contributed by atoms with E-state index in [9.17, 15) is 14.7 Å². The molecule has 1 aromatic rings. The van der Waals surface area contributed by atoms with E-state index in [1.54, 1.807) is 11.8 Å². The van der Waals surface area contributed by atoms with Crippen molar-refractivity contribution in [2.45, 2.75) is 51.2 Å². The van der Waals surface area contributed by atoms with Crippen LogP contribution in [0.2, 0.25) is 0 Å². The minimum atomic E-state index is -1.08. The fourth-order valence-corrected chi connectivity index (χ4v) is 3.53. The number of thiophene rings is 1. The molecule has 1 saturated heterocycles. The molecular formula is C16H24N2O3S. The van der Waals surface area contributed by atoms with Gasteiger partial charge < -0.3 is 15.3 Å². The predicted molar refractivity (Wildman–Crippen MR) is 86.5 cm³/mol. The van der Waals surface area contributed by atoms with Gasteiger partial charge in [-0.3, -0.25) is 9.59 Å². The summed E-state index contributed by atoms with van der Waals surface area (Å²) in [7, 11) is 0. The zero-order valence-electron chi connectivity index (χ0n) is 13.2. The smallest absolute Gasteiger partial charge is 0.242 e. The lowest BCUT2D eigenvalue weighted by Gasteiger charge is -2.27. The van der Waals surface area contributed by atoms with Gasteiger partial charge in [0.05, 0.1) is 6.54 Å². The summed E-state index contributed by atoms with van der Waals surface area (Å²) >= 11 is 1.46. The van der Waals surface area contributed by atoms with E-state index in [2.05, 4.69) is 5.32 Å². The summed E-state index contributed by atoms with van der Waals surface area (Å²) in [6, 6.07) is 3.33. The van der Waals surface area contributed by atoms with Crippen LogP contribution in [0.5, 0.6) is 0 Å². The lowest BCUT2D eigenvalue weighted by Crippen LogP contribution is -2.48. The summed E-state index contributed by atoms with van der Waals surface area (Å²) in [5, 5.41) is 15.1. The summed E-state index contributed by atoms with van der Waals surface area (Å²) in [5.74, 6) is -0.121. The maximum absolute atomic E-state index is 12.4. The Bertz CT molecular complexity index is 513. The highest BCUT2D eigenvalue weighted by atomic mass is 32.1. The Kier molecular flexibility index (Phi) is 5.58. The average molecular weight is 324 g/mol. The molecule has 0 radical (unpaired) electrons. The van der Waals surface area contributed by atoms with Gasteiger partial charge in [0.15, 0.2) is 0 Å². The highest BCUT2D eigenvalue weighted by Gasteiger charge is 2.34. The van der Waals surface area contributed by atoms with Crippen molar-refractivity contribution in [2.75, 3.05) is 13.1 Å². The Morgan fingerprint density at radius 3 is 2.95 bits per heavy atom. The molecule has 2 amide bonds. The number of hydrogen-bond donors (Lipinski definition) is 2. The summed E-state index contributed by atoms with van der Waals surface area (Å²) in [5.41, 5.74) is -1.08. The number of carbonyl (C=O) groups excluding carboxylic acids is 2. The molecule has 5 nitrogen and oxygen atoms in total. The Morgan fingerprint density at radius 2 is 2.32 bits per heavy atom. The number of likely N-dealkylation sites (tertiary alicyclic amines) is 1. The number of nitrogens with zero attached hydrogens (tertiary/aromatic N) is 1. The van der Waals surface area contributed by atoms with E-state index < -0.39 is 11.6 Å². The van der Waals surface area contributed by atoms with Crippen molar-refractivity contribution < 1.29 is 14.7 Å². The summed E-state index contributed by atoms with van der Waals surface area (Å²) in [6.07, 6.45) is 2.82. The Balaban J connectivity index is 1.93. The lowest BCUT2D eigenvalue weighted by atomic mass is 10.0. The van der Waals surface area contributed by atoms with Crippen LogP contribution < -0.4 is 5.32 Å². The van der Waals surface area contributed by atoms with Crippen LogP contribution in [0.15, 0.2) is 17.5 Å². The minimum absolute atomic E-state index is 0.0465. The molecule has 0 saturated carbocycles. The quantitative estimate of drug-likeness (QED) is 0.839. The Labute approximate surface area is 135 Å². The molecule has 122 valence electrons. The Morgan fingerprint density at radius 1 is 1.55 bits per heavy atom. The number of amides is 2. The van der Waals surface area contributed by atoms with Crippen LogP contribution >= 0.6 is 11.3 Å². The first-order valence-electron chi connectivity index (χ1n) is 7.79. The fraction of sp³-hybridized carbons (Fsp3) is 0.625. The van der Waals surface area contributed by atoms with Crippen LogP contribution in [0.3, 0.4) is 0 Å². The third-order valence-electron chi connectivity index (χ3n) is 4.00. The van der Waals surface area contributed by atoms with Crippen molar-refractivity contribution >= 4 is 23.2 Å². The molecule has 22 heavy (non-hydrogen) atoms. The fourth-order valence-electron chi connectivity index (χ4n) is 2.74. The first-order chi connectivity index (χ1) is 10.5. The monoisotopic (exact) mass is 324 g/mol. The summed E-state index contributed by atoms with van der Waals surface area (Å²) < 4.78 is 0. The molecule has 2 N–H and O–H groups in total. The van der Waals surface area contributed by atoms with Crippen molar-refractivity contribution in [1.82, 2.24) is 10.2 Å². The zero-order valence-corrected chi connectivity index (χ0v) is 14.0. The van der Waals surface area contributed by atoms with Crippen molar-refractivity contribution in [1.29, 1.82) is 0 Å². The van der Waals surface area contributed by atoms with Crippen LogP contribution in [0.25, 0.3) is 0 Å². The molecule has 0 bridgehead atoms. The molecule has 0 unspecified atom stereocenters. The molecule has 0 aliphatic carbocycles. The second kappa shape index (κ2) is 7.24. The number of nitrogens with one attached hydrogen (secondary N) is 1. The molecular weight excluding hydrogens is 300 g/mol. The first kappa shape index (κ1) is 17.0. The van der Waals surface area contributed by atoms with Crippen LogP contribution in [-0.2, 0) is 15.2 Å². The van der Waals surface area contributed by atoms with Crippen LogP contribution in [-0.4, -0.2) is 41.0 Å². The van der Waals surface area contributed by atoms with E-state index in [-0.39, 0.29) is 18.4 Å². The van der Waals surface area contributed by atoms with E-state index in [1.807, 2.05) is 24.4 Å². The molecule has 2 heterocycles. The van der Waals surface area contributed by atoms with Crippen LogP contribution in [0.1, 0.15) is 44.4 Å². The van der Waals surface area contributed by atoms with E-state index >= 15 is 0 Å². The second-order valence-electron chi connectivity index (χ2n) is 5.96. The van der Waals surface area contributed by atoms with Gasteiger partial charge in [-0.1, -0.05) is 13.0 Å². The predicted octanol–water partition coefficient (Wildman–Crippen LogP) is 1.86. The van der Waals surface area contributed by atoms with Gasteiger partial charge in [0.1, 0.15) is 11.6 Å². The van der Waals surface area contributed by atoms with E-state index in [4.69, 9.17) is 0 Å². The molecule has 1 fully saturated rings. The van der Waals surface area contributed by atoms with Gasteiger partial charge in [-0.05, 0) is 37.6 Å². The highest BCUT2D eigenvalue weighted by Crippen LogP contribution is 2.25. The standard InChI is InChI=1S/C16H24N2O3S/c1-3-6-14(19)18-9-4-7-12(18)15(20)17-11-16(2,21)13-8-5-10-22-13/h5,8,10,12,21H,3-4,6-7,9,11H2,1-2H3,(H,17,20)/t12-,16-/m1/s1. The van der Waals surface area contributed by atoms with Gasteiger partial charge in [0.25, 0.3) is 0 Å². The van der Waals surface area contributed by atoms with Gasteiger partial charge in [-0.15, -0.1) is 11.3 Å². The van der Waals surface area contributed by atoms with Gasteiger partial charge in [0, 0.05) is 17.8 Å². The van der Waals surface area contributed by atoms with Crippen molar-refractivity contribution in [2.24, 2.45) is 0 Å². The molecule has 6 heteroatoms. The van der Waals surface area contributed by atoms with Gasteiger partial charge in [0.2, 0.25) is 11.8 Å². The SMILES string of the molecule is CCCC(=O)N1CCC[C@@H]1C(=O)NC[C@@](C)(O)c1cccs1. The van der Waals surface area contributed by atoms with E-state index in [0.29, 0.717) is 19.4 Å². The topological polar surface area (TPSA) is 69.6 Å². The van der Waals surface area contributed by atoms with E-state index in [1.165, 1.54) is 11.3 Å². The maximum Gasteiger partial charge on any atom is 0.242 e. The number of rotatable bonds is 6. The van der Waals surface area contributed by atoms with Crippen LogP contribution in [0.4, 0.5) is 0 Å². The molecule has 2 atom stereocenters. The molecule has 1 aromatic heterocycles. The molecule has 1 aliphatic rings. The zero-order chi connectivity index (χ0) is 16.2. The van der Waals surface area contributed by atoms with Gasteiger partial charge in [-0.2, -0.15) is 0 Å². The lowest BCUT2D eigenvalue weighted by molar-refractivity contribution is -0.138. The molecule has 0 spiro atoms. The third kappa shape index (κ3) is 3.87. The van der Waals surface area contributed by atoms with Gasteiger partial charge in [-0.25, -0.2) is 0 Å². The average Bonchev–Trinajstić information content (AvgIpc) is 3.15. The molecule has 2 rings (SSSR count). The number of aliphatic hydroxyl groups is 1. The van der Waals surface area contributed by atoms with Crippen LogP contribution in [0, 0.1) is 0 Å². The summed E-state index contributed by atoms with van der Waals surface area (Å²) in [6.45, 7) is 4.45. The second-order valence-corrected chi connectivity index (χ2v) is 6.91. The van der Waals surface area contributed by atoms with E-state index in [0.717, 1.165) is 17.7 Å². The maximum atomic E-state index is 12.4. The largest absolute Gasteiger partial charge is 0.383 e. The van der Waals surface area contributed by atoms with Crippen molar-refractivity contribution in [3.63, 3.8) is 0 Å². The molecule has 1 aliphatic heterocycles. The van der Waals surface area contributed by atoms with Crippen molar-refractivity contribution in [3.05, 3.63) is 22.4 Å². The minimum Gasteiger partial charge on any atom is -0.383 e. The highest BCUT2D eigenvalue weighted by molar-refractivity contribution is 7.10. The third-order valence-corrected chi connectivity index (χ3v) is 5.12. The number of hydrogen-bond acceptors (Lipinski definition) is 4. The molecule has 0 aromatic carbocycles. The van der Waals surface area contributed by atoms with Crippen molar-refractivity contribution in [3.8, 4) is 0 Å². The number of carbonyl (C=O) groups is 2. The Hall–Kier alpha value is -1.40. The normalized spacial score (nSPS) is 20.7. The summed E-state index contributed by atoms with van der Waals surface area (Å²) in [4.78, 5) is 26.9. The van der Waals surface area contributed by atoms with Gasteiger partial charge >= 0.3 is 0 Å². The first-order valence-corrected chi connectivity index (χ1v) is 8.67.